The van der Waals surface area contributed by atoms with Crippen LogP contribution in [0.3, 0.4) is 0 Å². The molecule has 0 saturated heterocycles. The minimum Gasteiger partial charge on any atom is -0.508 e. The minimum absolute atomic E-state index is 0. The number of H-pyrrole nitrogens is 1. The smallest absolute Gasteiger partial charge is 0.410 e. The van der Waals surface area contributed by atoms with E-state index in [0.29, 0.717) is 91.2 Å². The third-order valence-corrected chi connectivity index (χ3v) is 15.7. The van der Waals surface area contributed by atoms with Gasteiger partial charge in [0.05, 0.1) is 39.1 Å². The lowest BCUT2D eigenvalue weighted by molar-refractivity contribution is -0.385. The quantitative estimate of drug-likeness (QED) is 0.00206. The van der Waals surface area contributed by atoms with Crippen molar-refractivity contribution in [2.45, 2.75) is 39.9 Å². The number of nitrogens with zero attached hydrogens (tertiary/aromatic N) is 17. The highest BCUT2D eigenvalue weighted by Gasteiger charge is 2.18. The number of nitro benzene ring substituents is 2. The molecule has 0 aliphatic rings. The lowest BCUT2D eigenvalue weighted by Gasteiger charge is -2.09. The fourth-order valence-corrected chi connectivity index (χ4v) is 9.62. The van der Waals surface area contributed by atoms with Gasteiger partial charge in [0.2, 0.25) is 30.0 Å². The van der Waals surface area contributed by atoms with Crippen LogP contribution >= 0.6 is 27.5 Å². The number of anilines is 7. The summed E-state index contributed by atoms with van der Waals surface area (Å²) in [5.74, 6) is 14.4. The lowest BCUT2D eigenvalue weighted by Crippen LogP contribution is -2.23. The number of ether oxygens (including phenoxy) is 10. The number of para-hydroxylation sites is 3. The summed E-state index contributed by atoms with van der Waals surface area (Å²) in [5, 5.41) is 98.1. The number of aliphatic imine (C=N–C) groups is 2. The highest BCUT2D eigenvalue weighted by molar-refractivity contribution is 9.09. The number of carbonyl (C=O) groups is 2. The monoisotopic (exact) mass is 1980 g/mol. The first-order valence-corrected chi connectivity index (χ1v) is 41.3. The van der Waals surface area contributed by atoms with Gasteiger partial charge in [-0.05, 0) is 246 Å². The Morgan fingerprint density at radius 2 is 0.886 bits per heavy atom. The summed E-state index contributed by atoms with van der Waals surface area (Å²) >= 11 is 8.17. The van der Waals surface area contributed by atoms with Gasteiger partial charge in [-0.25, -0.2) is 23.6 Å². The number of hydrazine groups is 1. The summed E-state index contributed by atoms with van der Waals surface area (Å²) in [5.41, 5.74) is 20.3. The van der Waals surface area contributed by atoms with Gasteiger partial charge >= 0.3 is 25.6 Å². The summed E-state index contributed by atoms with van der Waals surface area (Å²) in [6, 6.07) is 86.4. The van der Waals surface area contributed by atoms with Crippen molar-refractivity contribution in [1.29, 1.82) is 31.6 Å². The highest BCUT2D eigenvalue weighted by atomic mass is 79.9. The second-order valence-electron chi connectivity index (χ2n) is 26.0. The van der Waals surface area contributed by atoms with Crippen LogP contribution in [0.1, 0.15) is 48.4 Å². The SMILES string of the molecule is CC(C)Oc1ccc(C(=O)Cl)cc1.CC(C)Oc1ccc(C(=O)n2nc(Nc3ccc(OCC#N)cc3)nc2N)cc1.N#CCBr.N#CCOc1ccc(N=C(NC#N)Oc2ccccc2)cc1.N#CCOc1ccc(Nc2n[nH]c(N)n2)cc1.N#CN=C(Oc1ccccc1)Oc1ccccc1.NN.O.O=[N+]([O-])c1ccc(O)cc1.[C-]#[N+]COc1ccc(N)cc1.[C-]#[N+]COc1ccc([N+](=O)[O-])cc1. The van der Waals surface area contributed by atoms with E-state index in [1.54, 1.807) is 194 Å². The fourth-order valence-electron chi connectivity index (χ4n) is 9.50. The predicted molar refractivity (Wildman–Crippen MR) is 523 cm³/mol. The van der Waals surface area contributed by atoms with E-state index in [1.807, 2.05) is 107 Å². The van der Waals surface area contributed by atoms with Crippen molar-refractivity contribution < 1.29 is 77.4 Å². The zero-order chi connectivity index (χ0) is 102. The Labute approximate surface area is 815 Å². The third-order valence-electron chi connectivity index (χ3n) is 15.2. The van der Waals surface area contributed by atoms with Crippen molar-refractivity contribution in [1.82, 2.24) is 35.3 Å². The van der Waals surface area contributed by atoms with Crippen LogP contribution in [0.4, 0.5) is 57.9 Å². The van der Waals surface area contributed by atoms with Crippen molar-refractivity contribution in [3.8, 4) is 99.9 Å². The molecule has 13 aromatic rings. The zero-order valence-corrected chi connectivity index (χ0v) is 77.1. The lowest BCUT2D eigenvalue weighted by atomic mass is 10.2. The Morgan fingerprint density at radius 3 is 1.25 bits per heavy atom. The maximum Gasteiger partial charge on any atom is 0.410 e. The van der Waals surface area contributed by atoms with E-state index in [9.17, 15) is 29.8 Å². The number of aromatic hydroxyl groups is 1. The summed E-state index contributed by atoms with van der Waals surface area (Å²) < 4.78 is 53.6. The zero-order valence-electron chi connectivity index (χ0n) is 74.8. The normalized spacial score (nSPS) is 9.37. The number of aromatic amines is 1. The molecule has 11 aromatic carbocycles. The van der Waals surface area contributed by atoms with Crippen LogP contribution in [0, 0.1) is 102 Å². The average Bonchev–Trinajstić information content (AvgIpc) is 1.66. The van der Waals surface area contributed by atoms with Gasteiger partial charge in [-0.3, -0.25) is 51.2 Å². The number of nitriles is 6. The maximum atomic E-state index is 12.7. The second kappa shape index (κ2) is 67.5. The summed E-state index contributed by atoms with van der Waals surface area (Å²) in [4.78, 5) is 64.4. The number of nitrogen functional groups attached to an aromatic ring is 3. The van der Waals surface area contributed by atoms with E-state index in [2.05, 4.69) is 88.5 Å². The number of phenols is 1. The van der Waals surface area contributed by atoms with Crippen LogP contribution in [-0.2, 0) is 0 Å². The van der Waals surface area contributed by atoms with Gasteiger partial charge in [0, 0.05) is 52.5 Å². The van der Waals surface area contributed by atoms with Crippen LogP contribution in [0.2, 0.25) is 0 Å². The Hall–Kier alpha value is -19.6. The Morgan fingerprint density at radius 1 is 0.514 bits per heavy atom. The molecule has 0 saturated carbocycles. The fraction of sp³-hybridized carbons (Fsp3) is 0.128. The standard InChI is InChI=1S/C20H20N6O3.C16H12N4O2.C14H10N2O2.C10H11ClO2.C10H10N6O.C8H6N2O3.C8H8N2O.C6H5NO3.C2H2BrN.H4N2.H2O/c1-13(2)29-17-7-3-14(4-8-17)18(27)26-19(22)24-20(25-26)23-15-5-9-16(10-6-15)28-12-11-21;17-10-11-21-14-8-6-13(7-9-14)20-16(19-12-18)22-15-4-2-1-3-5-15;15-11-16-14(17-12-7-3-1-4-8-12)18-13-9-5-2-6-10-13;1-7(2)13-9-5-3-8(4-6-9)10(11)12;11-5-6-17-8-3-1-7(2-4-8)13-10-14-9(12)15-16-10;1-9-6-13-8-4-2-7(3-5-8)10(11)12;1-10-6-11-8-4-2-7(9)3-5-8;8-6-3-1-5(2-4-6)7(9)10;3-1-2-4;1-2;/h3-10,13H,12H2,1-2H3,(H3,22,23,24,25);1-9H,11H2,(H,19,20);1-10H;3-7H,1-2H3;1-4H,6H2,(H4,12,13,14,15,16);2-5H,6H2;2-5H,6,9H2;1-4,8H;1H2;1-2H2;1H2. The van der Waals surface area contributed by atoms with Crippen molar-refractivity contribution >= 4 is 109 Å². The van der Waals surface area contributed by atoms with Gasteiger partial charge in [0.15, 0.2) is 26.0 Å². The molecule has 2 heterocycles. The Bertz CT molecular complexity index is 6250. The number of hydrogen-bond donors (Lipinski definition) is 10. The van der Waals surface area contributed by atoms with E-state index in [1.165, 1.54) is 48.5 Å². The molecule has 0 aliphatic heterocycles. The number of phenolic OH excluding ortho intramolecular Hbond substituents is 1. The molecule has 0 radical (unpaired) electrons. The van der Waals surface area contributed by atoms with E-state index in [-0.39, 0.29) is 98.0 Å². The molecule has 140 heavy (non-hydrogen) atoms. The summed E-state index contributed by atoms with van der Waals surface area (Å²) in [6.45, 7) is 20.6. The Kier molecular flexibility index (Phi) is 55.2. The first-order valence-electron chi connectivity index (χ1n) is 39.8. The number of non-ortho nitro benzene ring substituents is 2. The van der Waals surface area contributed by atoms with E-state index in [4.69, 9.17) is 126 Å². The van der Waals surface area contributed by atoms with Crippen LogP contribution in [-0.4, -0.2) is 124 Å². The topological polar surface area (TPSA) is 679 Å². The first kappa shape index (κ1) is 115. The number of halogens is 2. The molecular formula is C94H90BrClN26O18. The molecule has 13 rings (SSSR count). The van der Waals surface area contributed by atoms with Gasteiger partial charge in [-0.2, -0.15) is 51.2 Å². The maximum absolute atomic E-state index is 12.7. The summed E-state index contributed by atoms with van der Waals surface area (Å²) in [6.07, 6.45) is 3.51. The molecule has 718 valence electrons. The van der Waals surface area contributed by atoms with Crippen LogP contribution in [0.15, 0.2) is 295 Å². The molecule has 0 amide bonds. The van der Waals surface area contributed by atoms with Crippen molar-refractivity contribution in [2.24, 2.45) is 21.7 Å². The Balaban J connectivity index is 0.000000416. The van der Waals surface area contributed by atoms with Gasteiger partial charge in [0.1, 0.15) is 81.5 Å². The molecule has 0 unspecified atom stereocenters. The van der Waals surface area contributed by atoms with Crippen molar-refractivity contribution in [2.75, 3.05) is 66.4 Å². The largest absolute Gasteiger partial charge is 0.508 e. The molecule has 0 spiro atoms. The molecule has 2 aromatic heterocycles. The molecule has 17 N–H and O–H groups in total. The molecular weight excluding hydrogens is 1900 g/mol. The number of nitrogens with one attached hydrogen (secondary N) is 4. The number of carbonyl (C=O) groups excluding carboxylic acids is 2. The number of nitrogens with two attached hydrogens (primary N) is 5. The van der Waals surface area contributed by atoms with E-state index >= 15 is 0 Å². The average molecular weight is 1990 g/mol. The van der Waals surface area contributed by atoms with Crippen molar-refractivity contribution in [3.05, 3.63) is 339 Å². The molecule has 0 bridgehead atoms. The van der Waals surface area contributed by atoms with Crippen LogP contribution in [0.5, 0.6) is 63.2 Å². The molecule has 0 atom stereocenters. The van der Waals surface area contributed by atoms with E-state index in [0.717, 1.165) is 16.1 Å². The van der Waals surface area contributed by atoms with Gasteiger partial charge in [-0.15, -0.1) is 10.2 Å². The number of hydrogen-bond acceptors (Lipinski definition) is 36. The van der Waals surface area contributed by atoms with Gasteiger partial charge < -0.3 is 85.8 Å². The molecule has 0 aliphatic carbocycles. The number of benzene rings is 11. The number of aromatic nitrogens is 6. The molecule has 0 fully saturated rings. The first-order chi connectivity index (χ1) is 67.2. The number of amidine groups is 1. The summed E-state index contributed by atoms with van der Waals surface area (Å²) in [7, 11) is 0. The molecule has 46 heteroatoms. The van der Waals surface area contributed by atoms with E-state index < -0.39 is 21.0 Å². The minimum atomic E-state index is -0.514. The van der Waals surface area contributed by atoms with Gasteiger partial charge in [0.25, 0.3) is 22.5 Å². The number of nitro groups is 2. The van der Waals surface area contributed by atoms with Crippen molar-refractivity contribution in [3.63, 3.8) is 0 Å². The van der Waals surface area contributed by atoms with Gasteiger partial charge in [-0.1, -0.05) is 75.5 Å². The van der Waals surface area contributed by atoms with Crippen LogP contribution in [0.25, 0.3) is 9.69 Å². The van der Waals surface area contributed by atoms with Crippen LogP contribution < -0.4 is 92.2 Å². The predicted octanol–water partition coefficient (Wildman–Crippen LogP) is 16.1. The third kappa shape index (κ3) is 48.0. The number of rotatable bonds is 26. The molecule has 44 nitrogen and oxygen atoms in total. The highest BCUT2D eigenvalue weighted by Crippen LogP contribution is 2.26. The number of alkyl halides is 1. The second-order valence-corrected chi connectivity index (χ2v) is 26.9.